The summed E-state index contributed by atoms with van der Waals surface area (Å²) < 4.78 is 6.97. The first kappa shape index (κ1) is 14.1. The fraction of sp³-hybridized carbons (Fsp3) is 0.176. The molecule has 2 heterocycles. The van der Waals surface area contributed by atoms with Crippen LogP contribution in [0.5, 0.6) is 0 Å². The van der Waals surface area contributed by atoms with Gasteiger partial charge in [-0.05, 0) is 24.6 Å². The lowest BCUT2D eigenvalue weighted by Gasteiger charge is -2.10. The molecule has 0 saturated heterocycles. The SMILES string of the molecule is CCOC(=O)c1cc2[nH]c(=O)ccc2n1Cc1ccccc1. The molecule has 0 amide bonds. The van der Waals surface area contributed by atoms with Gasteiger partial charge >= 0.3 is 5.97 Å². The van der Waals surface area contributed by atoms with Crippen LogP contribution in [0, 0.1) is 0 Å². The molecule has 0 bridgehead atoms. The number of aromatic nitrogens is 2. The van der Waals surface area contributed by atoms with Crippen LogP contribution in [0.25, 0.3) is 11.0 Å². The molecule has 0 atom stereocenters. The zero-order valence-electron chi connectivity index (χ0n) is 12.2. The maximum absolute atomic E-state index is 12.2. The highest BCUT2D eigenvalue weighted by Gasteiger charge is 2.17. The Kier molecular flexibility index (Phi) is 3.78. The number of fused-ring (bicyclic) bond motifs is 1. The van der Waals surface area contributed by atoms with Crippen LogP contribution in [-0.4, -0.2) is 22.1 Å². The first-order valence-electron chi connectivity index (χ1n) is 7.12. The van der Waals surface area contributed by atoms with Gasteiger partial charge in [-0.15, -0.1) is 0 Å². The third-order valence-corrected chi connectivity index (χ3v) is 3.46. The predicted molar refractivity (Wildman–Crippen MR) is 84.1 cm³/mol. The second-order valence-electron chi connectivity index (χ2n) is 4.94. The zero-order valence-corrected chi connectivity index (χ0v) is 12.2. The molecule has 3 rings (SSSR count). The Morgan fingerprint density at radius 3 is 2.68 bits per heavy atom. The largest absolute Gasteiger partial charge is 0.461 e. The number of carbonyl (C=O) groups excluding carboxylic acids is 1. The molecule has 0 saturated carbocycles. The number of nitrogens with zero attached hydrogens (tertiary/aromatic N) is 1. The number of carbonyl (C=O) groups is 1. The Bertz CT molecular complexity index is 862. The monoisotopic (exact) mass is 296 g/mol. The number of hydrogen-bond donors (Lipinski definition) is 1. The van der Waals surface area contributed by atoms with Gasteiger partial charge in [0, 0.05) is 12.6 Å². The summed E-state index contributed by atoms with van der Waals surface area (Å²) in [6, 6.07) is 14.7. The average Bonchev–Trinajstić information content (AvgIpc) is 2.86. The van der Waals surface area contributed by atoms with Crippen LogP contribution >= 0.6 is 0 Å². The first-order chi connectivity index (χ1) is 10.7. The van der Waals surface area contributed by atoms with Crippen LogP contribution in [-0.2, 0) is 11.3 Å². The molecule has 2 aromatic heterocycles. The molecule has 0 fully saturated rings. The highest BCUT2D eigenvalue weighted by atomic mass is 16.5. The van der Waals surface area contributed by atoms with Gasteiger partial charge in [0.25, 0.3) is 0 Å². The molecule has 5 nitrogen and oxygen atoms in total. The molecule has 1 N–H and O–H groups in total. The van der Waals surface area contributed by atoms with Gasteiger partial charge in [-0.25, -0.2) is 4.79 Å². The number of esters is 1. The van der Waals surface area contributed by atoms with Crippen molar-refractivity contribution in [2.24, 2.45) is 0 Å². The van der Waals surface area contributed by atoms with Crippen LogP contribution in [0.15, 0.2) is 53.3 Å². The topological polar surface area (TPSA) is 64.1 Å². The van der Waals surface area contributed by atoms with Crippen LogP contribution in [0.4, 0.5) is 0 Å². The molecule has 1 aromatic carbocycles. The predicted octanol–water partition coefficient (Wildman–Crippen LogP) is 2.55. The molecule has 0 unspecified atom stereocenters. The van der Waals surface area contributed by atoms with E-state index in [2.05, 4.69) is 4.98 Å². The van der Waals surface area contributed by atoms with E-state index in [9.17, 15) is 9.59 Å². The molecular formula is C17H16N2O3. The van der Waals surface area contributed by atoms with Crippen molar-refractivity contribution in [2.45, 2.75) is 13.5 Å². The number of aromatic amines is 1. The van der Waals surface area contributed by atoms with Crippen molar-refractivity contribution in [3.8, 4) is 0 Å². The second-order valence-corrected chi connectivity index (χ2v) is 4.94. The van der Waals surface area contributed by atoms with Crippen molar-refractivity contribution < 1.29 is 9.53 Å². The number of nitrogens with one attached hydrogen (secondary N) is 1. The lowest BCUT2D eigenvalue weighted by molar-refractivity contribution is 0.0515. The number of rotatable bonds is 4. The second kappa shape index (κ2) is 5.89. The third kappa shape index (κ3) is 2.65. The summed E-state index contributed by atoms with van der Waals surface area (Å²) in [6.45, 7) is 2.61. The van der Waals surface area contributed by atoms with E-state index in [1.54, 1.807) is 19.1 Å². The third-order valence-electron chi connectivity index (χ3n) is 3.46. The van der Waals surface area contributed by atoms with Gasteiger partial charge in [0.2, 0.25) is 5.56 Å². The van der Waals surface area contributed by atoms with E-state index in [1.165, 1.54) is 6.07 Å². The van der Waals surface area contributed by atoms with Gasteiger partial charge in [0.1, 0.15) is 5.69 Å². The van der Waals surface area contributed by atoms with Crippen molar-refractivity contribution in [1.82, 2.24) is 9.55 Å². The number of H-pyrrole nitrogens is 1. The zero-order chi connectivity index (χ0) is 15.5. The van der Waals surface area contributed by atoms with E-state index in [1.807, 2.05) is 34.9 Å². The summed E-state index contributed by atoms with van der Waals surface area (Å²) in [7, 11) is 0. The molecule has 0 aliphatic carbocycles. The summed E-state index contributed by atoms with van der Waals surface area (Å²) in [5, 5.41) is 0. The van der Waals surface area contributed by atoms with E-state index in [0.717, 1.165) is 11.1 Å². The number of ether oxygens (including phenoxy) is 1. The van der Waals surface area contributed by atoms with Crippen molar-refractivity contribution in [3.05, 3.63) is 70.1 Å². The summed E-state index contributed by atoms with van der Waals surface area (Å²) in [6.07, 6.45) is 0. The molecule has 0 aliphatic heterocycles. The Hall–Kier alpha value is -2.82. The fourth-order valence-corrected chi connectivity index (χ4v) is 2.48. The van der Waals surface area contributed by atoms with E-state index in [4.69, 9.17) is 4.74 Å². The molecule has 22 heavy (non-hydrogen) atoms. The minimum Gasteiger partial charge on any atom is -0.461 e. The summed E-state index contributed by atoms with van der Waals surface area (Å²) in [5.41, 5.74) is 2.73. The van der Waals surface area contributed by atoms with Gasteiger partial charge in [0.15, 0.2) is 0 Å². The lowest BCUT2D eigenvalue weighted by atomic mass is 10.2. The van der Waals surface area contributed by atoms with Crippen molar-refractivity contribution in [3.63, 3.8) is 0 Å². The summed E-state index contributed by atoms with van der Waals surface area (Å²) in [5.74, 6) is -0.393. The van der Waals surface area contributed by atoms with Crippen molar-refractivity contribution in [1.29, 1.82) is 0 Å². The summed E-state index contributed by atoms with van der Waals surface area (Å²) in [4.78, 5) is 26.4. The van der Waals surface area contributed by atoms with E-state index in [0.29, 0.717) is 24.4 Å². The minimum absolute atomic E-state index is 0.195. The Labute approximate surface area is 127 Å². The van der Waals surface area contributed by atoms with E-state index in [-0.39, 0.29) is 5.56 Å². The Morgan fingerprint density at radius 1 is 1.18 bits per heavy atom. The molecule has 0 aliphatic rings. The lowest BCUT2D eigenvalue weighted by Crippen LogP contribution is -2.13. The van der Waals surface area contributed by atoms with Crippen LogP contribution in [0.3, 0.4) is 0 Å². The average molecular weight is 296 g/mol. The molecule has 0 spiro atoms. The van der Waals surface area contributed by atoms with Crippen LogP contribution < -0.4 is 5.56 Å². The molecule has 5 heteroatoms. The smallest absolute Gasteiger partial charge is 0.355 e. The Balaban J connectivity index is 2.14. The van der Waals surface area contributed by atoms with Crippen LogP contribution in [0.2, 0.25) is 0 Å². The number of benzene rings is 1. The summed E-state index contributed by atoms with van der Waals surface area (Å²) >= 11 is 0. The molecule has 0 radical (unpaired) electrons. The van der Waals surface area contributed by atoms with Gasteiger partial charge < -0.3 is 14.3 Å². The highest BCUT2D eigenvalue weighted by molar-refractivity contribution is 5.94. The quantitative estimate of drug-likeness (QED) is 0.753. The maximum Gasteiger partial charge on any atom is 0.355 e. The normalized spacial score (nSPS) is 10.8. The number of hydrogen-bond acceptors (Lipinski definition) is 3. The van der Waals surface area contributed by atoms with Gasteiger partial charge in [-0.1, -0.05) is 30.3 Å². The number of pyridine rings is 1. The fourth-order valence-electron chi connectivity index (χ4n) is 2.48. The standard InChI is InChI=1S/C17H16N2O3/c1-2-22-17(21)15-10-13-14(8-9-16(20)18-13)19(15)11-12-6-4-3-5-7-12/h3-10H,2,11H2,1H3,(H,18,20). The van der Waals surface area contributed by atoms with Crippen LogP contribution in [0.1, 0.15) is 23.0 Å². The maximum atomic E-state index is 12.2. The first-order valence-corrected chi connectivity index (χ1v) is 7.12. The highest BCUT2D eigenvalue weighted by Crippen LogP contribution is 2.19. The molecule has 3 aromatic rings. The molecular weight excluding hydrogens is 280 g/mol. The Morgan fingerprint density at radius 2 is 1.95 bits per heavy atom. The van der Waals surface area contributed by atoms with Crippen molar-refractivity contribution >= 4 is 17.0 Å². The van der Waals surface area contributed by atoms with Gasteiger partial charge in [-0.3, -0.25) is 4.79 Å². The van der Waals surface area contributed by atoms with E-state index < -0.39 is 5.97 Å². The van der Waals surface area contributed by atoms with Crippen molar-refractivity contribution in [2.75, 3.05) is 6.61 Å². The van der Waals surface area contributed by atoms with Gasteiger partial charge in [0.05, 0.1) is 17.6 Å². The molecule has 112 valence electrons. The minimum atomic E-state index is -0.393. The van der Waals surface area contributed by atoms with E-state index >= 15 is 0 Å². The van der Waals surface area contributed by atoms with Gasteiger partial charge in [-0.2, -0.15) is 0 Å².